The first-order valence-electron chi connectivity index (χ1n) is 10.4. The molecule has 5 aromatic rings. The van der Waals surface area contributed by atoms with Crippen molar-refractivity contribution in [2.24, 2.45) is 0 Å². The second-order valence-corrected chi connectivity index (χ2v) is 10.4. The number of hydrogen-bond acceptors (Lipinski definition) is 4. The molecule has 0 atom stereocenters. The minimum absolute atomic E-state index is 0.0851. The fourth-order valence-electron chi connectivity index (χ4n) is 4.31. The Bertz CT molecular complexity index is 1630. The van der Waals surface area contributed by atoms with E-state index >= 15 is 0 Å². The van der Waals surface area contributed by atoms with Gasteiger partial charge in [0.05, 0.1) is 15.7 Å². The van der Waals surface area contributed by atoms with Gasteiger partial charge < -0.3 is 4.55 Å². The summed E-state index contributed by atoms with van der Waals surface area (Å²) in [6, 6.07) is 16.1. The van der Waals surface area contributed by atoms with Crippen molar-refractivity contribution in [2.45, 2.75) is 39.5 Å². The highest BCUT2D eigenvalue weighted by Gasteiger charge is 2.19. The first-order chi connectivity index (χ1) is 15.5. The van der Waals surface area contributed by atoms with Crippen molar-refractivity contribution in [1.29, 1.82) is 0 Å². The average Bonchev–Trinajstić information content (AvgIpc) is 3.10. The number of halogens is 1. The Morgan fingerprint density at radius 3 is 2.12 bits per heavy atom. The van der Waals surface area contributed by atoms with Crippen molar-refractivity contribution in [1.82, 2.24) is 9.50 Å². The maximum Gasteiger partial charge on any atom is 0.262 e. The smallest absolute Gasteiger partial charge is 0.262 e. The number of hydrogen-bond donors (Lipinski definition) is 0. The number of benzene rings is 2. The summed E-state index contributed by atoms with van der Waals surface area (Å²) >= 11 is 3.65. The molecule has 5 rings (SSSR count). The minimum Gasteiger partial charge on any atom is -0.744 e. The number of rotatable bonds is 1. The fourth-order valence-corrected chi connectivity index (χ4v) is 5.73. The van der Waals surface area contributed by atoms with E-state index in [4.69, 9.17) is 0 Å². The van der Waals surface area contributed by atoms with E-state index in [9.17, 15) is 13.0 Å². The quantitative estimate of drug-likeness (QED) is 0.173. The molecule has 6 nitrogen and oxygen atoms in total. The van der Waals surface area contributed by atoms with E-state index in [1.54, 1.807) is 26.0 Å². The summed E-state index contributed by atoms with van der Waals surface area (Å²) in [7, 11) is -4.33. The highest BCUT2D eigenvalue weighted by molar-refractivity contribution is 9.10. The molecule has 0 radical (unpaired) electrons. The molecule has 0 aliphatic rings. The lowest BCUT2D eigenvalue weighted by molar-refractivity contribution is -0.552. The summed E-state index contributed by atoms with van der Waals surface area (Å²) in [6.45, 7) is 9.40. The predicted molar refractivity (Wildman–Crippen MR) is 132 cm³/mol. The van der Waals surface area contributed by atoms with E-state index in [1.165, 1.54) is 11.1 Å². The molecular formula is C25H24BrN3O3S. The molecule has 0 aliphatic heterocycles. The molecule has 0 N–H and O–H groups in total. The van der Waals surface area contributed by atoms with Gasteiger partial charge in [-0.15, -0.1) is 0 Å². The molecular weight excluding hydrogens is 502 g/mol. The number of aryl methyl sites for hydroxylation is 5. The number of nitrogens with zero attached hydrogens (tertiary/aromatic N) is 3. The van der Waals surface area contributed by atoms with Crippen molar-refractivity contribution in [3.8, 4) is 0 Å². The summed E-state index contributed by atoms with van der Waals surface area (Å²) in [5, 5.41) is 4.53. The molecule has 0 aliphatic carbocycles. The molecule has 0 amide bonds. The lowest BCUT2D eigenvalue weighted by Crippen LogP contribution is -2.28. The maximum absolute atomic E-state index is 10.8. The molecule has 8 heteroatoms. The molecule has 0 spiro atoms. The molecule has 0 unspecified atom stereocenters. The lowest BCUT2D eigenvalue weighted by atomic mass is 10.1. The van der Waals surface area contributed by atoms with E-state index < -0.39 is 10.1 Å². The van der Waals surface area contributed by atoms with E-state index in [1.807, 2.05) is 23.7 Å². The molecule has 33 heavy (non-hydrogen) atoms. The van der Waals surface area contributed by atoms with Crippen LogP contribution in [0.1, 0.15) is 27.8 Å². The largest absolute Gasteiger partial charge is 0.744 e. The van der Waals surface area contributed by atoms with Gasteiger partial charge in [-0.05, 0) is 107 Å². The van der Waals surface area contributed by atoms with Crippen LogP contribution in [-0.4, -0.2) is 22.5 Å². The van der Waals surface area contributed by atoms with Crippen molar-refractivity contribution >= 4 is 48.1 Å². The molecule has 0 saturated heterocycles. The number of fused-ring (bicyclic) bond motifs is 6. The second-order valence-electron chi connectivity index (χ2n) is 8.30. The summed E-state index contributed by atoms with van der Waals surface area (Å²) in [5.74, 6) is 0. The standard InChI is InChI=1S/C16H13BrN3.C9H12O3S/c1-10-8-14-15(9-11(10)2)20-13(4-3-7-18-20)12-5-6-16(17)19(12)14;1-6-4-7(2)9(8(3)5-6)13(10,11)12/h3-9H,1-2H3;4-5H,1-3H3,(H,10,11,12)/q+1;/p-1. The van der Waals surface area contributed by atoms with Gasteiger partial charge in [-0.2, -0.15) is 0 Å². The Kier molecular flexibility index (Phi) is 6.03. The molecule has 0 fully saturated rings. The molecule has 3 aromatic heterocycles. The topological polar surface area (TPSA) is 78.6 Å². The van der Waals surface area contributed by atoms with Crippen LogP contribution in [-0.2, 0) is 10.1 Å². The average molecular weight is 526 g/mol. The molecule has 3 heterocycles. The van der Waals surface area contributed by atoms with Crippen LogP contribution in [0, 0.1) is 34.6 Å². The predicted octanol–water partition coefficient (Wildman–Crippen LogP) is 5.12. The summed E-state index contributed by atoms with van der Waals surface area (Å²) in [6.07, 6.45) is 1.83. The second kappa shape index (κ2) is 8.52. The molecule has 170 valence electrons. The molecule has 0 saturated carbocycles. The van der Waals surface area contributed by atoms with Gasteiger partial charge in [-0.25, -0.2) is 8.42 Å². The fraction of sp³-hybridized carbons (Fsp3) is 0.200. The molecule has 0 bridgehead atoms. The Balaban J connectivity index is 0.000000174. The SMILES string of the molecule is Cc1cc(C)c(S(=O)(=O)[O-])c(C)c1.Cc1cc2c(cc1C)[n+]1ncccc1c1ccc(Br)n12. The van der Waals surface area contributed by atoms with Gasteiger partial charge in [0.25, 0.3) is 11.0 Å². The van der Waals surface area contributed by atoms with Crippen molar-refractivity contribution in [2.75, 3.05) is 0 Å². The normalized spacial score (nSPS) is 11.7. The molecule has 2 aromatic carbocycles. The summed E-state index contributed by atoms with van der Waals surface area (Å²) < 4.78 is 37.8. The van der Waals surface area contributed by atoms with Crippen LogP contribution in [0.15, 0.2) is 64.2 Å². The number of aromatic nitrogens is 3. The van der Waals surface area contributed by atoms with Gasteiger partial charge >= 0.3 is 0 Å². The van der Waals surface area contributed by atoms with Gasteiger partial charge in [0.1, 0.15) is 21.2 Å². The third-order valence-electron chi connectivity index (χ3n) is 5.76. The summed E-state index contributed by atoms with van der Waals surface area (Å²) in [5.41, 5.74) is 9.11. The zero-order valence-corrected chi connectivity index (χ0v) is 21.5. The van der Waals surface area contributed by atoms with Crippen molar-refractivity contribution in [3.05, 3.63) is 87.1 Å². The van der Waals surface area contributed by atoms with Gasteiger partial charge in [0.2, 0.25) is 0 Å². The van der Waals surface area contributed by atoms with Crippen molar-refractivity contribution in [3.63, 3.8) is 0 Å². The van der Waals surface area contributed by atoms with E-state index in [-0.39, 0.29) is 4.90 Å². The Morgan fingerprint density at radius 1 is 0.848 bits per heavy atom. The first kappa shape index (κ1) is 23.4. The first-order valence-corrected chi connectivity index (χ1v) is 12.6. The zero-order chi connectivity index (χ0) is 24.1. The Labute approximate surface area is 201 Å². The Hall–Kier alpha value is -2.81. The van der Waals surface area contributed by atoms with Crippen LogP contribution >= 0.6 is 15.9 Å². The third-order valence-corrected chi connectivity index (χ3v) is 7.52. The van der Waals surface area contributed by atoms with E-state index in [2.05, 4.69) is 69.6 Å². The van der Waals surface area contributed by atoms with Crippen LogP contribution in [0.4, 0.5) is 0 Å². The minimum atomic E-state index is -4.33. The van der Waals surface area contributed by atoms with Gasteiger partial charge in [-0.1, -0.05) is 17.7 Å². The Morgan fingerprint density at radius 2 is 1.48 bits per heavy atom. The highest BCUT2D eigenvalue weighted by Crippen LogP contribution is 2.26. The van der Waals surface area contributed by atoms with Gasteiger partial charge in [0, 0.05) is 12.1 Å². The van der Waals surface area contributed by atoms with Crippen LogP contribution in [0.2, 0.25) is 0 Å². The summed E-state index contributed by atoms with van der Waals surface area (Å²) in [4.78, 5) is -0.0851. The van der Waals surface area contributed by atoms with Gasteiger partial charge in [-0.3, -0.25) is 4.40 Å². The zero-order valence-electron chi connectivity index (χ0n) is 19.0. The van der Waals surface area contributed by atoms with E-state index in [0.29, 0.717) is 11.1 Å². The van der Waals surface area contributed by atoms with E-state index in [0.717, 1.165) is 32.2 Å². The third kappa shape index (κ3) is 4.26. The highest BCUT2D eigenvalue weighted by atomic mass is 79.9. The van der Waals surface area contributed by atoms with Crippen molar-refractivity contribution < 1.29 is 17.5 Å². The van der Waals surface area contributed by atoms with Crippen LogP contribution < -0.4 is 4.52 Å². The lowest BCUT2D eigenvalue weighted by Gasteiger charge is -2.14. The van der Waals surface area contributed by atoms with Crippen LogP contribution in [0.3, 0.4) is 0 Å². The van der Waals surface area contributed by atoms with Crippen LogP contribution in [0.25, 0.3) is 22.1 Å². The van der Waals surface area contributed by atoms with Gasteiger partial charge in [0.15, 0.2) is 0 Å². The maximum atomic E-state index is 10.8. The monoisotopic (exact) mass is 525 g/mol. The van der Waals surface area contributed by atoms with Crippen LogP contribution in [0.5, 0.6) is 0 Å².